The summed E-state index contributed by atoms with van der Waals surface area (Å²) >= 11 is 0. The number of ether oxygens (including phenoxy) is 2. The van der Waals surface area contributed by atoms with E-state index >= 15 is 0 Å². The number of sulfonamides is 1. The molecule has 0 atom stereocenters. The lowest BCUT2D eigenvalue weighted by molar-refractivity contribution is 0.0730. The molecule has 4 rings (SSSR count). The van der Waals surface area contributed by atoms with E-state index in [4.69, 9.17) is 13.9 Å². The standard InChI is InChI=1S/C20H25N3O6S/c1-15-2-5-19(29-15)20(24)21-17-14-16(30(25,26)23-8-12-28-13-9-23)3-4-18(17)22-6-10-27-11-7-22/h2-5,14H,6-13H2,1H3,(H,21,24). The first kappa shape index (κ1) is 20.9. The largest absolute Gasteiger partial charge is 0.456 e. The maximum atomic E-state index is 13.1. The van der Waals surface area contributed by atoms with E-state index in [1.165, 1.54) is 10.4 Å². The number of benzene rings is 1. The topological polar surface area (TPSA) is 101 Å². The minimum Gasteiger partial charge on any atom is -0.456 e. The van der Waals surface area contributed by atoms with Crippen molar-refractivity contribution in [2.24, 2.45) is 0 Å². The van der Waals surface area contributed by atoms with Gasteiger partial charge in [0, 0.05) is 26.2 Å². The number of carbonyl (C=O) groups excluding carboxylic acids is 1. The van der Waals surface area contributed by atoms with E-state index in [-0.39, 0.29) is 10.7 Å². The van der Waals surface area contributed by atoms with E-state index in [1.54, 1.807) is 31.2 Å². The number of carbonyl (C=O) groups is 1. The van der Waals surface area contributed by atoms with Crippen LogP contribution in [0.5, 0.6) is 0 Å². The van der Waals surface area contributed by atoms with Crippen LogP contribution >= 0.6 is 0 Å². The van der Waals surface area contributed by atoms with E-state index in [0.717, 1.165) is 5.69 Å². The normalized spacial score (nSPS) is 18.4. The zero-order chi connectivity index (χ0) is 21.1. The zero-order valence-electron chi connectivity index (χ0n) is 16.8. The first-order valence-corrected chi connectivity index (χ1v) is 11.3. The van der Waals surface area contributed by atoms with Crippen molar-refractivity contribution in [3.8, 4) is 0 Å². The summed E-state index contributed by atoms with van der Waals surface area (Å²) in [7, 11) is -3.69. The molecular formula is C20H25N3O6S. The highest BCUT2D eigenvalue weighted by molar-refractivity contribution is 7.89. The van der Waals surface area contributed by atoms with Gasteiger partial charge in [-0.1, -0.05) is 0 Å². The minimum absolute atomic E-state index is 0.132. The van der Waals surface area contributed by atoms with Crippen LogP contribution in [0.3, 0.4) is 0 Å². The van der Waals surface area contributed by atoms with Gasteiger partial charge in [0.2, 0.25) is 10.0 Å². The van der Waals surface area contributed by atoms with Crippen molar-refractivity contribution in [3.63, 3.8) is 0 Å². The fourth-order valence-corrected chi connectivity index (χ4v) is 4.97. The van der Waals surface area contributed by atoms with E-state index < -0.39 is 15.9 Å². The molecule has 30 heavy (non-hydrogen) atoms. The fraction of sp³-hybridized carbons (Fsp3) is 0.450. The lowest BCUT2D eigenvalue weighted by Crippen LogP contribution is -2.40. The van der Waals surface area contributed by atoms with Crippen molar-refractivity contribution in [1.82, 2.24) is 4.31 Å². The molecule has 0 radical (unpaired) electrons. The molecule has 3 heterocycles. The van der Waals surface area contributed by atoms with E-state index in [9.17, 15) is 13.2 Å². The van der Waals surface area contributed by atoms with Gasteiger partial charge >= 0.3 is 0 Å². The van der Waals surface area contributed by atoms with Gasteiger partial charge in [0.05, 0.1) is 42.7 Å². The summed E-state index contributed by atoms with van der Waals surface area (Å²) < 4.78 is 43.7. The van der Waals surface area contributed by atoms with Crippen LogP contribution in [0.25, 0.3) is 0 Å². The molecule has 2 aromatic rings. The van der Waals surface area contributed by atoms with Crippen LogP contribution in [-0.2, 0) is 19.5 Å². The first-order valence-electron chi connectivity index (χ1n) is 9.87. The maximum Gasteiger partial charge on any atom is 0.291 e. The summed E-state index contributed by atoms with van der Waals surface area (Å²) in [5.74, 6) is 0.359. The number of amides is 1. The second-order valence-corrected chi connectivity index (χ2v) is 9.10. The van der Waals surface area contributed by atoms with Crippen LogP contribution in [0, 0.1) is 6.92 Å². The smallest absolute Gasteiger partial charge is 0.291 e. The van der Waals surface area contributed by atoms with Crippen LogP contribution in [0.1, 0.15) is 16.3 Å². The Kier molecular flexibility index (Phi) is 6.09. The summed E-state index contributed by atoms with van der Waals surface area (Å²) in [6.07, 6.45) is 0. The van der Waals surface area contributed by atoms with Gasteiger partial charge in [0.25, 0.3) is 5.91 Å². The summed E-state index contributed by atoms with van der Waals surface area (Å²) in [6, 6.07) is 8.14. The van der Waals surface area contributed by atoms with E-state index in [0.29, 0.717) is 64.1 Å². The highest BCUT2D eigenvalue weighted by Crippen LogP contribution is 2.31. The quantitative estimate of drug-likeness (QED) is 0.763. The second-order valence-electron chi connectivity index (χ2n) is 7.16. The number of furan rings is 1. The lowest BCUT2D eigenvalue weighted by Gasteiger charge is -2.31. The van der Waals surface area contributed by atoms with Crippen LogP contribution in [-0.4, -0.2) is 71.2 Å². The average molecular weight is 436 g/mol. The number of hydrogen-bond acceptors (Lipinski definition) is 7. The number of aryl methyl sites for hydroxylation is 1. The van der Waals surface area contributed by atoms with Gasteiger partial charge in [-0.15, -0.1) is 0 Å². The Morgan fingerprint density at radius 1 is 0.967 bits per heavy atom. The van der Waals surface area contributed by atoms with E-state index in [2.05, 4.69) is 10.2 Å². The number of hydrogen-bond donors (Lipinski definition) is 1. The second kappa shape index (κ2) is 8.76. The van der Waals surface area contributed by atoms with Crippen molar-refractivity contribution < 1.29 is 27.1 Å². The Morgan fingerprint density at radius 3 is 2.27 bits per heavy atom. The molecule has 10 heteroatoms. The van der Waals surface area contributed by atoms with Crippen molar-refractivity contribution >= 4 is 27.3 Å². The molecule has 2 saturated heterocycles. The fourth-order valence-electron chi connectivity index (χ4n) is 3.53. The first-order chi connectivity index (χ1) is 14.4. The molecule has 2 aliphatic rings. The highest BCUT2D eigenvalue weighted by Gasteiger charge is 2.28. The monoisotopic (exact) mass is 435 g/mol. The Hall–Kier alpha value is -2.40. The van der Waals surface area contributed by atoms with Crippen LogP contribution in [0.2, 0.25) is 0 Å². The molecule has 9 nitrogen and oxygen atoms in total. The molecule has 1 aromatic heterocycles. The van der Waals surface area contributed by atoms with Gasteiger partial charge < -0.3 is 24.1 Å². The van der Waals surface area contributed by atoms with Gasteiger partial charge in [-0.3, -0.25) is 4.79 Å². The number of nitrogens with one attached hydrogen (secondary N) is 1. The van der Waals surface area contributed by atoms with E-state index in [1.807, 2.05) is 0 Å². The summed E-state index contributed by atoms with van der Waals surface area (Å²) in [5, 5.41) is 2.83. The van der Waals surface area contributed by atoms with Gasteiger partial charge in [-0.2, -0.15) is 4.31 Å². The van der Waals surface area contributed by atoms with Crippen LogP contribution in [0.4, 0.5) is 11.4 Å². The van der Waals surface area contributed by atoms with Gasteiger partial charge in [0.15, 0.2) is 5.76 Å². The molecule has 0 bridgehead atoms. The molecule has 2 aliphatic heterocycles. The average Bonchev–Trinajstić information content (AvgIpc) is 3.21. The van der Waals surface area contributed by atoms with Crippen LogP contribution < -0.4 is 10.2 Å². The highest BCUT2D eigenvalue weighted by atomic mass is 32.2. The molecule has 2 fully saturated rings. The minimum atomic E-state index is -3.69. The van der Waals surface area contributed by atoms with Gasteiger partial charge in [0.1, 0.15) is 5.76 Å². The number of rotatable bonds is 5. The zero-order valence-corrected chi connectivity index (χ0v) is 17.6. The third-order valence-electron chi connectivity index (χ3n) is 5.14. The van der Waals surface area contributed by atoms with Crippen molar-refractivity contribution in [1.29, 1.82) is 0 Å². The molecule has 1 aromatic carbocycles. The number of morpholine rings is 2. The molecule has 0 unspecified atom stereocenters. The molecule has 0 saturated carbocycles. The Balaban J connectivity index is 1.68. The Morgan fingerprint density at radius 2 is 1.63 bits per heavy atom. The molecule has 1 N–H and O–H groups in total. The summed E-state index contributed by atoms with van der Waals surface area (Å²) in [6.45, 7) is 5.54. The predicted molar refractivity (Wildman–Crippen MR) is 110 cm³/mol. The number of anilines is 2. The Labute approximate surface area is 175 Å². The van der Waals surface area contributed by atoms with Crippen molar-refractivity contribution in [2.45, 2.75) is 11.8 Å². The van der Waals surface area contributed by atoms with Gasteiger partial charge in [-0.25, -0.2) is 8.42 Å². The van der Waals surface area contributed by atoms with Gasteiger partial charge in [-0.05, 0) is 37.3 Å². The van der Waals surface area contributed by atoms with Crippen molar-refractivity contribution in [3.05, 3.63) is 41.9 Å². The maximum absolute atomic E-state index is 13.1. The number of nitrogens with zero attached hydrogens (tertiary/aromatic N) is 2. The molecule has 162 valence electrons. The van der Waals surface area contributed by atoms with Crippen LogP contribution in [0.15, 0.2) is 39.6 Å². The summed E-state index contributed by atoms with van der Waals surface area (Å²) in [5.41, 5.74) is 1.17. The molecule has 0 spiro atoms. The third kappa shape index (κ3) is 4.36. The third-order valence-corrected chi connectivity index (χ3v) is 7.03. The predicted octanol–water partition coefficient (Wildman–Crippen LogP) is 1.70. The molecule has 0 aliphatic carbocycles. The molecule has 1 amide bonds. The molecular weight excluding hydrogens is 410 g/mol. The SMILES string of the molecule is Cc1ccc(C(=O)Nc2cc(S(=O)(=O)N3CCOCC3)ccc2N2CCOCC2)o1. The van der Waals surface area contributed by atoms with Crippen molar-refractivity contribution in [2.75, 3.05) is 62.8 Å². The lowest BCUT2D eigenvalue weighted by atomic mass is 10.2. The summed E-state index contributed by atoms with van der Waals surface area (Å²) in [4.78, 5) is 14.9. The Bertz CT molecular complexity index is 1010.